The van der Waals surface area contributed by atoms with E-state index in [1.165, 1.54) is 24.9 Å². The quantitative estimate of drug-likeness (QED) is 0.414. The Labute approximate surface area is 206 Å². The van der Waals surface area contributed by atoms with Gasteiger partial charge < -0.3 is 20.5 Å². The van der Waals surface area contributed by atoms with E-state index in [4.69, 9.17) is 4.74 Å². The van der Waals surface area contributed by atoms with Crippen molar-refractivity contribution in [1.82, 2.24) is 15.1 Å². The van der Waals surface area contributed by atoms with E-state index in [0.29, 0.717) is 12.2 Å². The number of carbonyl (C=O) groups is 3. The van der Waals surface area contributed by atoms with Gasteiger partial charge in [0, 0.05) is 19.0 Å². The van der Waals surface area contributed by atoms with E-state index < -0.39 is 24.0 Å². The van der Waals surface area contributed by atoms with Crippen LogP contribution in [0, 0.1) is 0 Å². The Kier molecular flexibility index (Phi) is 7.40. The molecule has 0 unspecified atom stereocenters. The van der Waals surface area contributed by atoms with Gasteiger partial charge in [-0.05, 0) is 40.7 Å². The summed E-state index contributed by atoms with van der Waals surface area (Å²) in [4.78, 5) is 36.8. The highest BCUT2D eigenvalue weighted by molar-refractivity contribution is 7.98. The first-order chi connectivity index (χ1) is 16.9. The maximum absolute atomic E-state index is 12.8. The number of benzene rings is 2. The zero-order valence-electron chi connectivity index (χ0n) is 19.4. The van der Waals surface area contributed by atoms with Crippen molar-refractivity contribution in [2.24, 2.45) is 7.05 Å². The molecular formula is C25H26N4O5S. The van der Waals surface area contributed by atoms with Gasteiger partial charge in [0.15, 0.2) is 5.82 Å². The number of alkyl carbamates (subject to hydrolysis) is 1. The highest BCUT2D eigenvalue weighted by Crippen LogP contribution is 2.44. The maximum atomic E-state index is 12.8. The van der Waals surface area contributed by atoms with E-state index >= 15 is 0 Å². The normalized spacial score (nSPS) is 13.0. The summed E-state index contributed by atoms with van der Waals surface area (Å²) in [6, 6.07) is 16.5. The molecule has 2 amide bonds. The molecule has 182 valence electrons. The van der Waals surface area contributed by atoms with Crippen molar-refractivity contribution in [2.75, 3.05) is 23.9 Å². The molecule has 1 heterocycles. The minimum Gasteiger partial charge on any atom is -0.477 e. The summed E-state index contributed by atoms with van der Waals surface area (Å²) in [6.45, 7) is 0.138. The zero-order chi connectivity index (χ0) is 24.9. The summed E-state index contributed by atoms with van der Waals surface area (Å²) >= 11 is 1.54. The SMILES string of the molecule is CSCC[C@H](NC(=O)OCC1c2ccccc2-c2ccccc21)C(=O)Nc1cc(C(=O)O)n(C)n1. The van der Waals surface area contributed by atoms with Crippen LogP contribution in [0.2, 0.25) is 0 Å². The number of ether oxygens (including phenoxy) is 1. The van der Waals surface area contributed by atoms with Crippen molar-refractivity contribution in [3.8, 4) is 11.1 Å². The average Bonchev–Trinajstić information content (AvgIpc) is 3.37. The molecule has 9 nitrogen and oxygen atoms in total. The number of anilines is 1. The van der Waals surface area contributed by atoms with Crippen molar-refractivity contribution < 1.29 is 24.2 Å². The molecule has 0 saturated heterocycles. The highest BCUT2D eigenvalue weighted by atomic mass is 32.2. The third-order valence-corrected chi connectivity index (χ3v) is 6.56. The predicted octanol–water partition coefficient (Wildman–Crippen LogP) is 3.72. The van der Waals surface area contributed by atoms with Crippen LogP contribution in [0.5, 0.6) is 0 Å². The van der Waals surface area contributed by atoms with E-state index in [9.17, 15) is 19.5 Å². The monoisotopic (exact) mass is 494 g/mol. The van der Waals surface area contributed by atoms with Crippen molar-refractivity contribution >= 4 is 35.5 Å². The van der Waals surface area contributed by atoms with Crippen LogP contribution in [0.1, 0.15) is 34.0 Å². The fraction of sp³-hybridized carbons (Fsp3) is 0.280. The number of aryl methyl sites for hydroxylation is 1. The Bertz CT molecular complexity index is 1210. The molecule has 0 bridgehead atoms. The summed E-state index contributed by atoms with van der Waals surface area (Å²) in [5.41, 5.74) is 4.39. The second-order valence-corrected chi connectivity index (χ2v) is 9.12. The third kappa shape index (κ3) is 5.32. The Morgan fingerprint density at radius 1 is 1.11 bits per heavy atom. The van der Waals surface area contributed by atoms with Crippen LogP contribution >= 0.6 is 11.8 Å². The topological polar surface area (TPSA) is 123 Å². The van der Waals surface area contributed by atoms with Crippen LogP contribution in [-0.4, -0.2) is 57.5 Å². The molecule has 3 N–H and O–H groups in total. The van der Waals surface area contributed by atoms with Gasteiger partial charge in [-0.25, -0.2) is 9.59 Å². The summed E-state index contributed by atoms with van der Waals surface area (Å²) in [7, 11) is 1.47. The molecule has 2 aromatic carbocycles. The van der Waals surface area contributed by atoms with Gasteiger partial charge in [-0.2, -0.15) is 16.9 Å². The molecule has 0 fully saturated rings. The minimum absolute atomic E-state index is 0.0644. The van der Waals surface area contributed by atoms with Gasteiger partial charge in [-0.15, -0.1) is 0 Å². The smallest absolute Gasteiger partial charge is 0.407 e. The molecule has 1 aromatic heterocycles. The van der Waals surface area contributed by atoms with Crippen LogP contribution < -0.4 is 10.6 Å². The molecule has 4 rings (SSSR count). The van der Waals surface area contributed by atoms with E-state index in [1.807, 2.05) is 42.7 Å². The molecule has 0 aliphatic heterocycles. The summed E-state index contributed by atoms with van der Waals surface area (Å²) in [5.74, 6) is -1.02. The van der Waals surface area contributed by atoms with Gasteiger partial charge in [0.05, 0.1) is 0 Å². The predicted molar refractivity (Wildman–Crippen MR) is 134 cm³/mol. The van der Waals surface area contributed by atoms with Gasteiger partial charge in [-0.3, -0.25) is 9.48 Å². The Balaban J connectivity index is 1.41. The van der Waals surface area contributed by atoms with Crippen molar-refractivity contribution in [1.29, 1.82) is 0 Å². The number of carbonyl (C=O) groups excluding carboxylic acids is 2. The average molecular weight is 495 g/mol. The fourth-order valence-corrected chi connectivity index (χ4v) is 4.70. The number of nitrogens with one attached hydrogen (secondary N) is 2. The summed E-state index contributed by atoms with van der Waals surface area (Å²) in [5, 5.41) is 18.4. The number of hydrogen-bond acceptors (Lipinski definition) is 6. The number of rotatable bonds is 9. The van der Waals surface area contributed by atoms with Crippen LogP contribution in [0.4, 0.5) is 10.6 Å². The first-order valence-corrected chi connectivity index (χ1v) is 12.5. The van der Waals surface area contributed by atoms with E-state index in [0.717, 1.165) is 26.9 Å². The Hall–Kier alpha value is -3.79. The maximum Gasteiger partial charge on any atom is 0.407 e. The summed E-state index contributed by atoms with van der Waals surface area (Å²) in [6.07, 6.45) is 1.58. The van der Waals surface area contributed by atoms with Crippen LogP contribution in [-0.2, 0) is 16.6 Å². The Morgan fingerprint density at radius 2 is 1.74 bits per heavy atom. The lowest BCUT2D eigenvalue weighted by atomic mass is 9.98. The van der Waals surface area contributed by atoms with Gasteiger partial charge in [-0.1, -0.05) is 48.5 Å². The largest absolute Gasteiger partial charge is 0.477 e. The highest BCUT2D eigenvalue weighted by Gasteiger charge is 2.30. The first kappa shape index (κ1) is 24.3. The molecule has 0 saturated carbocycles. The van der Waals surface area contributed by atoms with Crippen molar-refractivity contribution in [2.45, 2.75) is 18.4 Å². The molecule has 1 aliphatic carbocycles. The standard InChI is InChI=1S/C25H26N4O5S/c1-29-21(24(31)32)13-22(28-29)27-23(30)20(11-12-35-2)26-25(33)34-14-19-17-9-5-3-7-15(17)16-8-4-6-10-18(16)19/h3-10,13,19-20H,11-12,14H2,1-2H3,(H,26,33)(H,31,32)(H,27,28,30)/t20-/m0/s1. The lowest BCUT2D eigenvalue weighted by Gasteiger charge is -2.19. The van der Waals surface area contributed by atoms with Crippen LogP contribution in [0.3, 0.4) is 0 Å². The molecule has 0 radical (unpaired) electrons. The number of aromatic carboxylic acids is 1. The molecule has 3 aromatic rings. The number of amides is 2. The van der Waals surface area contributed by atoms with Gasteiger partial charge in [0.1, 0.15) is 18.3 Å². The summed E-state index contributed by atoms with van der Waals surface area (Å²) < 4.78 is 6.73. The van der Waals surface area contributed by atoms with Gasteiger partial charge >= 0.3 is 12.1 Å². The number of hydrogen-bond donors (Lipinski definition) is 3. The lowest BCUT2D eigenvalue weighted by Crippen LogP contribution is -2.44. The number of thioether (sulfide) groups is 1. The van der Waals surface area contributed by atoms with Crippen LogP contribution in [0.15, 0.2) is 54.6 Å². The van der Waals surface area contributed by atoms with Gasteiger partial charge in [0.2, 0.25) is 5.91 Å². The van der Waals surface area contributed by atoms with Crippen molar-refractivity contribution in [3.63, 3.8) is 0 Å². The molecule has 10 heteroatoms. The number of carboxylic acid groups (broad SMARTS) is 1. The van der Waals surface area contributed by atoms with E-state index in [1.54, 1.807) is 0 Å². The molecule has 35 heavy (non-hydrogen) atoms. The van der Waals surface area contributed by atoms with Crippen molar-refractivity contribution in [3.05, 3.63) is 71.4 Å². The molecule has 1 atom stereocenters. The fourth-order valence-electron chi connectivity index (χ4n) is 4.23. The first-order valence-electron chi connectivity index (χ1n) is 11.1. The zero-order valence-corrected chi connectivity index (χ0v) is 20.2. The van der Waals surface area contributed by atoms with E-state index in [-0.39, 0.29) is 24.0 Å². The molecule has 0 spiro atoms. The molecule has 1 aliphatic rings. The lowest BCUT2D eigenvalue weighted by molar-refractivity contribution is -0.118. The van der Waals surface area contributed by atoms with E-state index in [2.05, 4.69) is 27.9 Å². The third-order valence-electron chi connectivity index (χ3n) is 5.91. The van der Waals surface area contributed by atoms with Crippen LogP contribution in [0.25, 0.3) is 11.1 Å². The number of fused-ring (bicyclic) bond motifs is 3. The Morgan fingerprint density at radius 3 is 2.31 bits per heavy atom. The second kappa shape index (κ2) is 10.6. The minimum atomic E-state index is -1.16. The molecular weight excluding hydrogens is 468 g/mol. The van der Waals surface area contributed by atoms with Gasteiger partial charge in [0.25, 0.3) is 0 Å². The number of nitrogens with zero attached hydrogens (tertiary/aromatic N) is 2. The number of carboxylic acids is 1. The number of aromatic nitrogens is 2. The second-order valence-electron chi connectivity index (χ2n) is 8.14.